The second kappa shape index (κ2) is 12.0. The zero-order chi connectivity index (χ0) is 26.4. The maximum atomic E-state index is 10.9. The standard InChI is InChI=1S/C24H25Cl2N9O2/c1-33(2)11-12-34(10-9-27-21-6-4-17(14-30-21)35(36)37)24-31-15-19(23-28-7-8-29-23)22(32-24)18-5-3-16(25)13-20(18)26/h3-8,13-15H,9-12H2,1-2H3,(H,27,30)(H,28,29). The molecule has 0 bridgehead atoms. The molecule has 0 saturated carbocycles. The highest BCUT2D eigenvalue weighted by molar-refractivity contribution is 6.36. The van der Waals surface area contributed by atoms with Gasteiger partial charge in [0, 0.05) is 61.4 Å². The van der Waals surface area contributed by atoms with Gasteiger partial charge in [0.15, 0.2) is 0 Å². The van der Waals surface area contributed by atoms with Crippen molar-refractivity contribution in [3.8, 4) is 22.6 Å². The van der Waals surface area contributed by atoms with Gasteiger partial charge < -0.3 is 20.1 Å². The number of halogens is 2. The summed E-state index contributed by atoms with van der Waals surface area (Å²) in [4.78, 5) is 35.7. The van der Waals surface area contributed by atoms with Gasteiger partial charge in [-0.2, -0.15) is 0 Å². The third kappa shape index (κ3) is 6.70. The number of likely N-dealkylation sites (N-methyl/N-ethyl adjacent to an activating group) is 1. The van der Waals surface area contributed by atoms with Crippen molar-refractivity contribution >= 4 is 40.7 Å². The third-order valence-corrected chi connectivity index (χ3v) is 6.01. The van der Waals surface area contributed by atoms with Crippen molar-refractivity contribution in [2.75, 3.05) is 50.5 Å². The Bertz CT molecular complexity index is 1350. The first-order valence-corrected chi connectivity index (χ1v) is 12.1. The van der Waals surface area contributed by atoms with E-state index in [4.69, 9.17) is 28.2 Å². The molecule has 2 N–H and O–H groups in total. The molecule has 37 heavy (non-hydrogen) atoms. The first kappa shape index (κ1) is 26.3. The van der Waals surface area contributed by atoms with Crippen molar-refractivity contribution in [1.29, 1.82) is 0 Å². The number of imidazole rings is 1. The Balaban J connectivity index is 1.62. The Labute approximate surface area is 223 Å². The molecule has 0 fully saturated rings. The number of aromatic amines is 1. The van der Waals surface area contributed by atoms with Crippen LogP contribution < -0.4 is 10.2 Å². The minimum Gasteiger partial charge on any atom is -0.368 e. The van der Waals surface area contributed by atoms with Gasteiger partial charge >= 0.3 is 0 Å². The van der Waals surface area contributed by atoms with E-state index in [1.165, 1.54) is 12.3 Å². The van der Waals surface area contributed by atoms with E-state index in [1.807, 2.05) is 20.2 Å². The number of nitro groups is 1. The van der Waals surface area contributed by atoms with Crippen LogP contribution in [0, 0.1) is 10.1 Å². The van der Waals surface area contributed by atoms with E-state index in [2.05, 4.69) is 35.1 Å². The Morgan fingerprint density at radius 1 is 1.03 bits per heavy atom. The molecule has 4 aromatic rings. The molecule has 0 amide bonds. The molecule has 1 aromatic carbocycles. The fourth-order valence-electron chi connectivity index (χ4n) is 3.55. The van der Waals surface area contributed by atoms with E-state index in [1.54, 1.807) is 36.8 Å². The number of hydrogen-bond donors (Lipinski definition) is 2. The van der Waals surface area contributed by atoms with Crippen LogP contribution in [0.3, 0.4) is 0 Å². The Morgan fingerprint density at radius 2 is 1.86 bits per heavy atom. The van der Waals surface area contributed by atoms with Gasteiger partial charge in [0.2, 0.25) is 5.95 Å². The van der Waals surface area contributed by atoms with Crippen molar-refractivity contribution in [2.45, 2.75) is 0 Å². The fourth-order valence-corrected chi connectivity index (χ4v) is 4.05. The normalized spacial score (nSPS) is 11.1. The highest BCUT2D eigenvalue weighted by atomic mass is 35.5. The number of benzene rings is 1. The number of H-pyrrole nitrogens is 1. The number of pyridine rings is 1. The van der Waals surface area contributed by atoms with Crippen LogP contribution in [-0.2, 0) is 0 Å². The van der Waals surface area contributed by atoms with Crippen molar-refractivity contribution in [3.05, 3.63) is 75.3 Å². The highest BCUT2D eigenvalue weighted by Crippen LogP contribution is 2.35. The van der Waals surface area contributed by atoms with Crippen LogP contribution >= 0.6 is 23.2 Å². The van der Waals surface area contributed by atoms with Crippen molar-refractivity contribution < 1.29 is 4.92 Å². The van der Waals surface area contributed by atoms with Gasteiger partial charge in [-0.05, 0) is 38.4 Å². The second-order valence-corrected chi connectivity index (χ2v) is 9.21. The molecule has 0 spiro atoms. The Hall–Kier alpha value is -3.80. The van der Waals surface area contributed by atoms with E-state index < -0.39 is 4.92 Å². The molecule has 0 aliphatic heterocycles. The lowest BCUT2D eigenvalue weighted by Crippen LogP contribution is -2.36. The van der Waals surface area contributed by atoms with Gasteiger partial charge in [-0.25, -0.2) is 19.9 Å². The van der Waals surface area contributed by atoms with E-state index >= 15 is 0 Å². The number of hydrogen-bond acceptors (Lipinski definition) is 9. The maximum Gasteiger partial charge on any atom is 0.287 e. The molecular weight excluding hydrogens is 517 g/mol. The summed E-state index contributed by atoms with van der Waals surface area (Å²) in [5.41, 5.74) is 1.98. The van der Waals surface area contributed by atoms with Crippen LogP contribution in [0.2, 0.25) is 10.0 Å². The van der Waals surface area contributed by atoms with Crippen LogP contribution in [0.1, 0.15) is 0 Å². The predicted molar refractivity (Wildman–Crippen MR) is 145 cm³/mol. The molecule has 0 radical (unpaired) electrons. The minimum absolute atomic E-state index is 0.0587. The largest absolute Gasteiger partial charge is 0.368 e. The number of nitrogens with zero attached hydrogens (tertiary/aromatic N) is 7. The monoisotopic (exact) mass is 541 g/mol. The number of nitrogens with one attached hydrogen (secondary N) is 2. The van der Waals surface area contributed by atoms with Gasteiger partial charge in [-0.15, -0.1) is 0 Å². The third-order valence-electron chi connectivity index (χ3n) is 5.46. The molecule has 0 saturated heterocycles. The zero-order valence-electron chi connectivity index (χ0n) is 20.2. The molecule has 0 aliphatic rings. The van der Waals surface area contributed by atoms with Crippen molar-refractivity contribution in [2.24, 2.45) is 0 Å². The molecule has 0 unspecified atom stereocenters. The maximum absolute atomic E-state index is 10.9. The van der Waals surface area contributed by atoms with Gasteiger partial charge in [0.1, 0.15) is 17.8 Å². The summed E-state index contributed by atoms with van der Waals surface area (Å²) < 4.78 is 0. The lowest BCUT2D eigenvalue weighted by atomic mass is 10.1. The first-order chi connectivity index (χ1) is 17.8. The Kier molecular flexibility index (Phi) is 8.49. The molecular formula is C24H25Cl2N9O2. The molecule has 11 nitrogen and oxygen atoms in total. The molecule has 192 valence electrons. The van der Waals surface area contributed by atoms with Crippen LogP contribution in [0.4, 0.5) is 17.5 Å². The first-order valence-electron chi connectivity index (χ1n) is 11.4. The molecule has 0 atom stereocenters. The molecule has 0 aliphatic carbocycles. The van der Waals surface area contributed by atoms with Crippen molar-refractivity contribution in [1.82, 2.24) is 29.8 Å². The van der Waals surface area contributed by atoms with E-state index in [9.17, 15) is 10.1 Å². The summed E-state index contributed by atoms with van der Waals surface area (Å²) >= 11 is 12.7. The van der Waals surface area contributed by atoms with Gasteiger partial charge in [-0.1, -0.05) is 23.2 Å². The summed E-state index contributed by atoms with van der Waals surface area (Å²) in [6.07, 6.45) is 6.36. The van der Waals surface area contributed by atoms with Crippen LogP contribution in [0.5, 0.6) is 0 Å². The molecule has 4 rings (SSSR count). The molecule has 3 heterocycles. The zero-order valence-corrected chi connectivity index (χ0v) is 21.7. The van der Waals surface area contributed by atoms with E-state index in [0.717, 1.165) is 6.54 Å². The smallest absolute Gasteiger partial charge is 0.287 e. The summed E-state index contributed by atoms with van der Waals surface area (Å²) in [6.45, 7) is 2.51. The fraction of sp³-hybridized carbons (Fsp3) is 0.250. The van der Waals surface area contributed by atoms with Gasteiger partial charge in [-0.3, -0.25) is 10.1 Å². The quantitative estimate of drug-likeness (QED) is 0.206. The average Bonchev–Trinajstić information content (AvgIpc) is 3.41. The van der Waals surface area contributed by atoms with Crippen LogP contribution in [0.25, 0.3) is 22.6 Å². The van der Waals surface area contributed by atoms with Crippen molar-refractivity contribution in [3.63, 3.8) is 0 Å². The number of rotatable bonds is 11. The lowest BCUT2D eigenvalue weighted by molar-refractivity contribution is -0.385. The summed E-state index contributed by atoms with van der Waals surface area (Å²) in [6, 6.07) is 8.27. The second-order valence-electron chi connectivity index (χ2n) is 8.37. The van der Waals surface area contributed by atoms with E-state index in [-0.39, 0.29) is 5.69 Å². The van der Waals surface area contributed by atoms with Crippen LogP contribution in [-0.4, -0.2) is 75.0 Å². The molecule has 13 heteroatoms. The van der Waals surface area contributed by atoms with Gasteiger partial charge in [0.25, 0.3) is 5.69 Å². The SMILES string of the molecule is CN(C)CCN(CCNc1ccc([N+](=O)[O-])cn1)c1ncc(-c2ncc[nH]2)c(-c2ccc(Cl)cc2Cl)n1. The molecule has 3 aromatic heterocycles. The summed E-state index contributed by atoms with van der Waals surface area (Å²) in [5, 5.41) is 15.1. The lowest BCUT2D eigenvalue weighted by Gasteiger charge is -2.25. The minimum atomic E-state index is -0.478. The predicted octanol–water partition coefficient (Wildman–Crippen LogP) is 4.62. The number of anilines is 2. The van der Waals surface area contributed by atoms with E-state index in [0.29, 0.717) is 64.1 Å². The van der Waals surface area contributed by atoms with Crippen LogP contribution in [0.15, 0.2) is 55.1 Å². The summed E-state index contributed by atoms with van der Waals surface area (Å²) in [7, 11) is 3.99. The average molecular weight is 542 g/mol. The number of aromatic nitrogens is 5. The Morgan fingerprint density at radius 3 is 2.51 bits per heavy atom. The summed E-state index contributed by atoms with van der Waals surface area (Å²) in [5.74, 6) is 1.69. The highest BCUT2D eigenvalue weighted by Gasteiger charge is 2.19. The topological polar surface area (TPSA) is 129 Å². The van der Waals surface area contributed by atoms with Gasteiger partial charge in [0.05, 0.1) is 21.2 Å².